The Bertz CT molecular complexity index is 441. The van der Waals surface area contributed by atoms with Crippen LogP contribution in [0.15, 0.2) is 30.3 Å². The van der Waals surface area contributed by atoms with Gasteiger partial charge in [0.15, 0.2) is 0 Å². The van der Waals surface area contributed by atoms with Crippen LogP contribution in [0.25, 0.3) is 0 Å². The number of hydrogen-bond donors (Lipinski definition) is 2. The molecule has 1 aromatic carbocycles. The molecule has 0 saturated carbocycles. The van der Waals surface area contributed by atoms with Gasteiger partial charge in [-0.05, 0) is 50.6 Å². The van der Waals surface area contributed by atoms with E-state index in [0.29, 0.717) is 6.04 Å². The number of benzene rings is 1. The van der Waals surface area contributed by atoms with Gasteiger partial charge in [-0.15, -0.1) is 0 Å². The highest BCUT2D eigenvalue weighted by molar-refractivity contribution is 5.74. The van der Waals surface area contributed by atoms with E-state index in [1.807, 2.05) is 4.90 Å². The fourth-order valence-corrected chi connectivity index (χ4v) is 3.04. The Labute approximate surface area is 140 Å². The number of aryl methyl sites for hydroxylation is 1. The van der Waals surface area contributed by atoms with Crippen LogP contribution in [-0.4, -0.2) is 43.2 Å². The SMILES string of the molecule is CCCNC(=O)N1CCC(NCCCCc2ccccc2)CC1. The quantitative estimate of drug-likeness (QED) is 0.723. The minimum absolute atomic E-state index is 0.105. The number of nitrogens with zero attached hydrogens (tertiary/aromatic N) is 1. The van der Waals surface area contributed by atoms with Crippen LogP contribution < -0.4 is 10.6 Å². The molecule has 2 amide bonds. The van der Waals surface area contributed by atoms with Gasteiger partial charge in [0.05, 0.1) is 0 Å². The number of likely N-dealkylation sites (tertiary alicyclic amines) is 1. The fourth-order valence-electron chi connectivity index (χ4n) is 3.04. The molecule has 0 aliphatic carbocycles. The third-order valence-electron chi connectivity index (χ3n) is 4.48. The van der Waals surface area contributed by atoms with E-state index in [1.165, 1.54) is 24.8 Å². The molecule has 128 valence electrons. The summed E-state index contributed by atoms with van der Waals surface area (Å²) in [5.74, 6) is 0. The smallest absolute Gasteiger partial charge is 0.317 e. The van der Waals surface area contributed by atoms with Crippen molar-refractivity contribution in [3.8, 4) is 0 Å². The van der Waals surface area contributed by atoms with Gasteiger partial charge in [0.2, 0.25) is 0 Å². The molecule has 1 aliphatic heterocycles. The molecule has 1 aliphatic rings. The number of piperidine rings is 1. The van der Waals surface area contributed by atoms with Crippen LogP contribution in [0.5, 0.6) is 0 Å². The van der Waals surface area contributed by atoms with Crippen molar-refractivity contribution >= 4 is 6.03 Å². The van der Waals surface area contributed by atoms with Gasteiger partial charge in [-0.25, -0.2) is 4.79 Å². The zero-order chi connectivity index (χ0) is 16.3. The maximum absolute atomic E-state index is 11.9. The number of amides is 2. The Morgan fingerprint density at radius 3 is 2.57 bits per heavy atom. The van der Waals surface area contributed by atoms with E-state index in [4.69, 9.17) is 0 Å². The number of unbranched alkanes of at least 4 members (excludes halogenated alkanes) is 1. The zero-order valence-corrected chi connectivity index (χ0v) is 14.4. The molecule has 2 rings (SSSR count). The first-order chi connectivity index (χ1) is 11.3. The maximum Gasteiger partial charge on any atom is 0.317 e. The van der Waals surface area contributed by atoms with Crippen LogP contribution >= 0.6 is 0 Å². The minimum Gasteiger partial charge on any atom is -0.338 e. The van der Waals surface area contributed by atoms with Gasteiger partial charge in [0, 0.05) is 25.7 Å². The first kappa shape index (κ1) is 17.8. The first-order valence-corrected chi connectivity index (χ1v) is 9.09. The van der Waals surface area contributed by atoms with Crippen molar-refractivity contribution in [3.05, 3.63) is 35.9 Å². The Hall–Kier alpha value is -1.55. The number of carbonyl (C=O) groups excluding carboxylic acids is 1. The third kappa shape index (κ3) is 6.61. The van der Waals surface area contributed by atoms with Crippen molar-refractivity contribution in [1.82, 2.24) is 15.5 Å². The van der Waals surface area contributed by atoms with Crippen molar-refractivity contribution in [2.24, 2.45) is 0 Å². The lowest BCUT2D eigenvalue weighted by molar-refractivity contribution is 0.176. The molecule has 1 aromatic rings. The lowest BCUT2D eigenvalue weighted by Crippen LogP contribution is -2.48. The predicted molar refractivity (Wildman–Crippen MR) is 95.7 cm³/mol. The number of carbonyl (C=O) groups is 1. The number of urea groups is 1. The van der Waals surface area contributed by atoms with Crippen LogP contribution in [0.1, 0.15) is 44.6 Å². The highest BCUT2D eigenvalue weighted by atomic mass is 16.2. The molecule has 23 heavy (non-hydrogen) atoms. The summed E-state index contributed by atoms with van der Waals surface area (Å²) < 4.78 is 0. The molecule has 4 nitrogen and oxygen atoms in total. The molecular weight excluding hydrogens is 286 g/mol. The van der Waals surface area contributed by atoms with Crippen LogP contribution in [-0.2, 0) is 6.42 Å². The summed E-state index contributed by atoms with van der Waals surface area (Å²) in [4.78, 5) is 13.8. The summed E-state index contributed by atoms with van der Waals surface area (Å²) in [6, 6.07) is 11.4. The zero-order valence-electron chi connectivity index (χ0n) is 14.4. The van der Waals surface area contributed by atoms with E-state index >= 15 is 0 Å². The Morgan fingerprint density at radius 1 is 1.13 bits per heavy atom. The van der Waals surface area contributed by atoms with E-state index in [1.54, 1.807) is 0 Å². The number of rotatable bonds is 8. The summed E-state index contributed by atoms with van der Waals surface area (Å²) in [6.45, 7) is 5.68. The van der Waals surface area contributed by atoms with Crippen LogP contribution in [0.2, 0.25) is 0 Å². The van der Waals surface area contributed by atoms with Gasteiger partial charge >= 0.3 is 6.03 Å². The predicted octanol–water partition coefficient (Wildman–Crippen LogP) is 3.18. The Kier molecular flexibility index (Phi) is 7.95. The van der Waals surface area contributed by atoms with Gasteiger partial charge in [0.25, 0.3) is 0 Å². The van der Waals surface area contributed by atoms with E-state index in [2.05, 4.69) is 47.9 Å². The highest BCUT2D eigenvalue weighted by Gasteiger charge is 2.21. The van der Waals surface area contributed by atoms with E-state index in [-0.39, 0.29) is 6.03 Å². The van der Waals surface area contributed by atoms with E-state index in [0.717, 1.165) is 45.4 Å². The topological polar surface area (TPSA) is 44.4 Å². The monoisotopic (exact) mass is 317 g/mol. The van der Waals surface area contributed by atoms with Crippen LogP contribution in [0, 0.1) is 0 Å². The van der Waals surface area contributed by atoms with Gasteiger partial charge in [0.1, 0.15) is 0 Å². The standard InChI is InChI=1S/C19H31N3O/c1-2-13-21-19(23)22-15-11-18(12-16-22)20-14-7-6-10-17-8-4-3-5-9-17/h3-5,8-9,18,20H,2,6-7,10-16H2,1H3,(H,21,23). The maximum atomic E-state index is 11.9. The van der Waals surface area contributed by atoms with Crippen LogP contribution in [0.3, 0.4) is 0 Å². The molecule has 0 aromatic heterocycles. The second-order valence-corrected chi connectivity index (χ2v) is 6.39. The molecule has 0 bridgehead atoms. The third-order valence-corrected chi connectivity index (χ3v) is 4.48. The molecule has 4 heteroatoms. The molecule has 2 N–H and O–H groups in total. The van der Waals surface area contributed by atoms with Crippen molar-refractivity contribution in [3.63, 3.8) is 0 Å². The molecule has 0 radical (unpaired) electrons. The second kappa shape index (κ2) is 10.3. The second-order valence-electron chi connectivity index (χ2n) is 6.39. The van der Waals surface area contributed by atoms with Gasteiger partial charge in [-0.3, -0.25) is 0 Å². The molecule has 0 atom stereocenters. The minimum atomic E-state index is 0.105. The number of nitrogens with one attached hydrogen (secondary N) is 2. The van der Waals surface area contributed by atoms with Crippen molar-refractivity contribution < 1.29 is 4.79 Å². The summed E-state index contributed by atoms with van der Waals surface area (Å²) in [6.07, 6.45) is 6.74. The van der Waals surface area contributed by atoms with E-state index < -0.39 is 0 Å². The van der Waals surface area contributed by atoms with Gasteiger partial charge in [-0.1, -0.05) is 37.3 Å². The average molecular weight is 317 g/mol. The Morgan fingerprint density at radius 2 is 1.87 bits per heavy atom. The molecule has 1 heterocycles. The van der Waals surface area contributed by atoms with Crippen molar-refractivity contribution in [2.45, 2.75) is 51.5 Å². The molecule has 0 unspecified atom stereocenters. The first-order valence-electron chi connectivity index (χ1n) is 9.09. The van der Waals surface area contributed by atoms with Crippen LogP contribution in [0.4, 0.5) is 4.79 Å². The van der Waals surface area contributed by atoms with E-state index in [9.17, 15) is 4.79 Å². The highest BCUT2D eigenvalue weighted by Crippen LogP contribution is 2.11. The molecule has 1 saturated heterocycles. The normalized spacial score (nSPS) is 15.6. The lowest BCUT2D eigenvalue weighted by atomic mass is 10.0. The van der Waals surface area contributed by atoms with Crippen molar-refractivity contribution in [2.75, 3.05) is 26.2 Å². The summed E-state index contributed by atoms with van der Waals surface area (Å²) >= 11 is 0. The molecular formula is C19H31N3O. The summed E-state index contributed by atoms with van der Waals surface area (Å²) in [7, 11) is 0. The van der Waals surface area contributed by atoms with Crippen molar-refractivity contribution in [1.29, 1.82) is 0 Å². The summed E-state index contributed by atoms with van der Waals surface area (Å²) in [5.41, 5.74) is 1.43. The molecule has 0 spiro atoms. The largest absolute Gasteiger partial charge is 0.338 e. The molecule has 1 fully saturated rings. The summed E-state index contributed by atoms with van der Waals surface area (Å²) in [5, 5.41) is 6.61. The van der Waals surface area contributed by atoms with Gasteiger partial charge < -0.3 is 15.5 Å². The fraction of sp³-hybridized carbons (Fsp3) is 0.632. The Balaban J connectivity index is 1.52. The average Bonchev–Trinajstić information content (AvgIpc) is 2.61. The lowest BCUT2D eigenvalue weighted by Gasteiger charge is -2.32. The number of hydrogen-bond acceptors (Lipinski definition) is 2. The van der Waals surface area contributed by atoms with Gasteiger partial charge in [-0.2, -0.15) is 0 Å².